The number of benzene rings is 2. The van der Waals surface area contributed by atoms with Gasteiger partial charge in [0.15, 0.2) is 0 Å². The summed E-state index contributed by atoms with van der Waals surface area (Å²) in [6, 6.07) is 11.2. The van der Waals surface area contributed by atoms with E-state index in [9.17, 15) is 9.59 Å². The van der Waals surface area contributed by atoms with Crippen LogP contribution in [0.3, 0.4) is 0 Å². The van der Waals surface area contributed by atoms with Gasteiger partial charge in [-0.1, -0.05) is 12.1 Å². The van der Waals surface area contributed by atoms with Gasteiger partial charge in [0.1, 0.15) is 17.6 Å². The number of fused-ring (bicyclic) bond motifs is 1. The van der Waals surface area contributed by atoms with Crippen LogP contribution in [0.25, 0.3) is 6.08 Å². The molecule has 4 rings (SSSR count). The lowest BCUT2D eigenvalue weighted by atomic mass is 10.1. The first-order chi connectivity index (χ1) is 14.5. The molecule has 2 aromatic rings. The van der Waals surface area contributed by atoms with Gasteiger partial charge in [0, 0.05) is 29.7 Å². The number of para-hydroxylation sites is 1. The highest BCUT2D eigenvalue weighted by Gasteiger charge is 2.25. The van der Waals surface area contributed by atoms with Crippen LogP contribution >= 0.6 is 0 Å². The number of nitrogens with one attached hydrogen (secondary N) is 2. The van der Waals surface area contributed by atoms with Gasteiger partial charge in [0.05, 0.1) is 17.9 Å². The largest absolute Gasteiger partial charge is 0.493 e. The van der Waals surface area contributed by atoms with Crippen LogP contribution in [0.4, 0.5) is 5.69 Å². The third-order valence-electron chi connectivity index (χ3n) is 5.08. The van der Waals surface area contributed by atoms with Crippen molar-refractivity contribution in [3.63, 3.8) is 0 Å². The summed E-state index contributed by atoms with van der Waals surface area (Å²) in [4.78, 5) is 25.0. The summed E-state index contributed by atoms with van der Waals surface area (Å²) >= 11 is 0. The zero-order chi connectivity index (χ0) is 21.1. The van der Waals surface area contributed by atoms with E-state index in [0.717, 1.165) is 41.9 Å². The van der Waals surface area contributed by atoms with Gasteiger partial charge in [-0.2, -0.15) is 0 Å². The molecule has 6 nitrogen and oxygen atoms in total. The van der Waals surface area contributed by atoms with E-state index < -0.39 is 0 Å². The molecule has 2 N–H and O–H groups in total. The zero-order valence-electron chi connectivity index (χ0n) is 17.2. The fourth-order valence-electron chi connectivity index (χ4n) is 3.49. The fourth-order valence-corrected chi connectivity index (χ4v) is 3.49. The van der Waals surface area contributed by atoms with E-state index in [1.807, 2.05) is 26.0 Å². The minimum atomic E-state index is -0.320. The Morgan fingerprint density at radius 2 is 2.03 bits per heavy atom. The smallest absolute Gasteiger partial charge is 0.253 e. The first-order valence-electron chi connectivity index (χ1n) is 10.4. The summed E-state index contributed by atoms with van der Waals surface area (Å²) in [5, 5.41) is 5.76. The topological polar surface area (TPSA) is 76.7 Å². The van der Waals surface area contributed by atoms with Crippen LogP contribution in [-0.2, 0) is 11.2 Å². The molecule has 0 saturated heterocycles. The predicted octanol–water partition coefficient (Wildman–Crippen LogP) is 3.95. The van der Waals surface area contributed by atoms with Crippen LogP contribution in [0.15, 0.2) is 42.5 Å². The second kappa shape index (κ2) is 8.61. The van der Waals surface area contributed by atoms with Crippen LogP contribution in [-0.4, -0.2) is 30.6 Å². The Bertz CT molecular complexity index is 995. The van der Waals surface area contributed by atoms with Crippen molar-refractivity contribution in [1.29, 1.82) is 0 Å². The van der Waals surface area contributed by atoms with Crippen LogP contribution in [0.5, 0.6) is 11.5 Å². The van der Waals surface area contributed by atoms with Crippen molar-refractivity contribution in [1.82, 2.24) is 5.32 Å². The second-order valence-electron chi connectivity index (χ2n) is 7.68. The molecule has 0 spiro atoms. The van der Waals surface area contributed by atoms with Crippen LogP contribution < -0.4 is 20.1 Å². The molecule has 30 heavy (non-hydrogen) atoms. The molecule has 6 heteroatoms. The highest BCUT2D eigenvalue weighted by atomic mass is 16.5. The highest BCUT2D eigenvalue weighted by molar-refractivity contribution is 6.07. The van der Waals surface area contributed by atoms with Crippen molar-refractivity contribution in [3.05, 3.63) is 59.2 Å². The molecule has 1 heterocycles. The first-order valence-corrected chi connectivity index (χ1v) is 10.4. The Hall–Kier alpha value is -3.28. The quantitative estimate of drug-likeness (QED) is 0.683. The average molecular weight is 406 g/mol. The maximum absolute atomic E-state index is 12.5. The van der Waals surface area contributed by atoms with Crippen molar-refractivity contribution >= 4 is 23.6 Å². The Morgan fingerprint density at radius 3 is 2.80 bits per heavy atom. The average Bonchev–Trinajstić information content (AvgIpc) is 3.45. The summed E-state index contributed by atoms with van der Waals surface area (Å²) in [5.41, 5.74) is 2.84. The summed E-state index contributed by atoms with van der Waals surface area (Å²) in [7, 11) is 0. The molecule has 1 atom stereocenters. The van der Waals surface area contributed by atoms with Crippen molar-refractivity contribution in [3.8, 4) is 11.5 Å². The third kappa shape index (κ3) is 4.64. The van der Waals surface area contributed by atoms with Gasteiger partial charge in [0.25, 0.3) is 5.91 Å². The molecular formula is C24H26N2O4. The molecule has 1 fully saturated rings. The molecule has 1 saturated carbocycles. The van der Waals surface area contributed by atoms with Gasteiger partial charge >= 0.3 is 0 Å². The van der Waals surface area contributed by atoms with Crippen molar-refractivity contribution in [2.45, 2.75) is 45.3 Å². The molecule has 156 valence electrons. The van der Waals surface area contributed by atoms with Crippen LogP contribution in [0, 0.1) is 0 Å². The Balaban J connectivity index is 1.50. The van der Waals surface area contributed by atoms with Gasteiger partial charge in [0.2, 0.25) is 5.91 Å². The predicted molar refractivity (Wildman–Crippen MR) is 116 cm³/mol. The number of hydrogen-bond acceptors (Lipinski definition) is 4. The van der Waals surface area contributed by atoms with E-state index in [-0.39, 0.29) is 24.0 Å². The molecule has 2 amide bonds. The van der Waals surface area contributed by atoms with E-state index in [2.05, 4.69) is 10.6 Å². The summed E-state index contributed by atoms with van der Waals surface area (Å²) in [6.07, 6.45) is 6.15. The minimum absolute atomic E-state index is 0.135. The molecule has 2 aromatic carbocycles. The number of rotatable bonds is 7. The molecule has 0 radical (unpaired) electrons. The Labute approximate surface area is 176 Å². The number of anilines is 1. The number of amides is 2. The third-order valence-corrected chi connectivity index (χ3v) is 5.08. The van der Waals surface area contributed by atoms with Gasteiger partial charge in [-0.3, -0.25) is 9.59 Å². The van der Waals surface area contributed by atoms with E-state index in [1.54, 1.807) is 30.3 Å². The van der Waals surface area contributed by atoms with E-state index in [0.29, 0.717) is 17.9 Å². The SMILES string of the molecule is CCOc1cc2c(cc1/C=C/C(=O)Nc1ccccc1C(=O)NC1CC1)OC(C)C2. The molecule has 0 aromatic heterocycles. The van der Waals surface area contributed by atoms with Gasteiger partial charge in [-0.05, 0) is 57.0 Å². The summed E-state index contributed by atoms with van der Waals surface area (Å²) in [5.74, 6) is 1.06. The monoisotopic (exact) mass is 406 g/mol. The van der Waals surface area contributed by atoms with Crippen LogP contribution in [0.2, 0.25) is 0 Å². The Morgan fingerprint density at radius 1 is 1.23 bits per heavy atom. The lowest BCUT2D eigenvalue weighted by molar-refractivity contribution is -0.111. The summed E-state index contributed by atoms with van der Waals surface area (Å²) in [6.45, 7) is 4.49. The molecule has 0 bridgehead atoms. The van der Waals surface area contributed by atoms with E-state index >= 15 is 0 Å². The Kier molecular flexibility index (Phi) is 5.74. The molecular weight excluding hydrogens is 380 g/mol. The van der Waals surface area contributed by atoms with Crippen molar-refractivity contribution < 1.29 is 19.1 Å². The van der Waals surface area contributed by atoms with Crippen LogP contribution in [0.1, 0.15) is 48.2 Å². The van der Waals surface area contributed by atoms with Gasteiger partial charge in [-0.25, -0.2) is 0 Å². The molecule has 1 unspecified atom stereocenters. The van der Waals surface area contributed by atoms with Crippen molar-refractivity contribution in [2.75, 3.05) is 11.9 Å². The second-order valence-corrected chi connectivity index (χ2v) is 7.68. The molecule has 1 aliphatic heterocycles. The molecule has 1 aliphatic carbocycles. The van der Waals surface area contributed by atoms with Gasteiger partial charge < -0.3 is 20.1 Å². The highest BCUT2D eigenvalue weighted by Crippen LogP contribution is 2.35. The number of ether oxygens (including phenoxy) is 2. The maximum Gasteiger partial charge on any atom is 0.253 e. The molecule has 2 aliphatic rings. The van der Waals surface area contributed by atoms with E-state index in [4.69, 9.17) is 9.47 Å². The number of hydrogen-bond donors (Lipinski definition) is 2. The summed E-state index contributed by atoms with van der Waals surface area (Å²) < 4.78 is 11.6. The zero-order valence-corrected chi connectivity index (χ0v) is 17.2. The number of carbonyl (C=O) groups is 2. The lowest BCUT2D eigenvalue weighted by Crippen LogP contribution is -2.26. The minimum Gasteiger partial charge on any atom is -0.493 e. The van der Waals surface area contributed by atoms with Gasteiger partial charge in [-0.15, -0.1) is 0 Å². The number of carbonyl (C=O) groups excluding carboxylic acids is 2. The van der Waals surface area contributed by atoms with Crippen molar-refractivity contribution in [2.24, 2.45) is 0 Å². The fraction of sp³-hybridized carbons (Fsp3) is 0.333. The lowest BCUT2D eigenvalue weighted by Gasteiger charge is -2.11. The van der Waals surface area contributed by atoms with E-state index in [1.165, 1.54) is 6.08 Å². The maximum atomic E-state index is 12.5. The first kappa shape index (κ1) is 20.0. The normalized spacial score (nSPS) is 17.3. The standard InChI is InChI=1S/C24H26N2O4/c1-3-29-21-14-17-12-15(2)30-22(17)13-16(21)8-11-23(27)26-20-7-5-4-6-19(20)24(28)25-18-9-10-18/h4-8,11,13-15,18H,3,9-10,12H2,1-2H3,(H,25,28)(H,26,27)/b11-8+.